The zero-order valence-corrected chi connectivity index (χ0v) is 18.0. The van der Waals surface area contributed by atoms with Crippen molar-refractivity contribution in [1.29, 1.82) is 0 Å². The molecule has 0 saturated heterocycles. The van der Waals surface area contributed by atoms with Crippen LogP contribution in [0.1, 0.15) is 29.7 Å². The summed E-state index contributed by atoms with van der Waals surface area (Å²) in [6.45, 7) is 3.38. The average molecular weight is 446 g/mol. The van der Waals surface area contributed by atoms with Crippen LogP contribution in [-0.2, 0) is 12.8 Å². The molecule has 1 atom stereocenters. The molecule has 3 N–H and O–H groups in total. The lowest BCUT2D eigenvalue weighted by atomic mass is 9.92. The van der Waals surface area contributed by atoms with Gasteiger partial charge in [-0.2, -0.15) is 0 Å². The highest BCUT2D eigenvalue weighted by atomic mass is 35.5. The number of nitrogens with one attached hydrogen (secondary N) is 1. The van der Waals surface area contributed by atoms with Gasteiger partial charge in [0.15, 0.2) is 11.6 Å². The SMILES string of the molecule is C[C@H]1NCCc2cc(-c3cnc(N)c(OCCc4c(Cl)ccc(F)c4Cl)c3)ccc21. The first-order valence-electron chi connectivity index (χ1n) is 9.81. The van der Waals surface area contributed by atoms with Crippen molar-refractivity contribution in [2.75, 3.05) is 18.9 Å². The van der Waals surface area contributed by atoms with E-state index in [0.717, 1.165) is 24.1 Å². The number of fused-ring (bicyclic) bond motifs is 1. The molecule has 2 heterocycles. The van der Waals surface area contributed by atoms with Gasteiger partial charge in [0.2, 0.25) is 0 Å². The van der Waals surface area contributed by atoms with E-state index < -0.39 is 5.82 Å². The Morgan fingerprint density at radius 2 is 2.03 bits per heavy atom. The summed E-state index contributed by atoms with van der Waals surface area (Å²) in [4.78, 5) is 4.29. The summed E-state index contributed by atoms with van der Waals surface area (Å²) in [6.07, 6.45) is 3.09. The van der Waals surface area contributed by atoms with Gasteiger partial charge in [-0.15, -0.1) is 0 Å². The first kappa shape index (κ1) is 20.9. The maximum atomic E-state index is 13.7. The lowest BCUT2D eigenvalue weighted by Gasteiger charge is -2.24. The smallest absolute Gasteiger partial charge is 0.166 e. The predicted octanol–water partition coefficient (Wildman–Crippen LogP) is 5.60. The molecular weight excluding hydrogens is 424 g/mol. The standard InChI is InChI=1S/C23H22Cl2FN3O/c1-13-17-3-2-14(10-15(17)6-8-28-13)16-11-21(23(27)29-12-16)30-9-7-18-19(24)4-5-20(26)22(18)25/h2-5,10-13,28H,6-9H2,1H3,(H2,27,29)/t13-/m1/s1. The zero-order chi connectivity index (χ0) is 21.3. The average Bonchev–Trinajstić information content (AvgIpc) is 2.74. The summed E-state index contributed by atoms with van der Waals surface area (Å²) in [5.74, 6) is 0.269. The molecule has 2 aromatic carbocycles. The van der Waals surface area contributed by atoms with Crippen LogP contribution in [-0.4, -0.2) is 18.1 Å². The van der Waals surface area contributed by atoms with Crippen molar-refractivity contribution in [3.05, 3.63) is 75.1 Å². The molecule has 4 nitrogen and oxygen atoms in total. The molecule has 1 aliphatic heterocycles. The van der Waals surface area contributed by atoms with E-state index in [0.29, 0.717) is 34.6 Å². The fourth-order valence-electron chi connectivity index (χ4n) is 3.75. The highest BCUT2D eigenvalue weighted by Crippen LogP contribution is 2.32. The lowest BCUT2D eigenvalue weighted by Crippen LogP contribution is -2.27. The molecule has 0 radical (unpaired) electrons. The topological polar surface area (TPSA) is 60.2 Å². The van der Waals surface area contributed by atoms with Crippen LogP contribution in [0.25, 0.3) is 11.1 Å². The van der Waals surface area contributed by atoms with Gasteiger partial charge in [-0.25, -0.2) is 9.37 Å². The van der Waals surface area contributed by atoms with E-state index in [4.69, 9.17) is 33.7 Å². The summed E-state index contributed by atoms with van der Waals surface area (Å²) in [7, 11) is 0. The molecule has 156 valence electrons. The molecule has 0 bridgehead atoms. The zero-order valence-electron chi connectivity index (χ0n) is 16.5. The fourth-order valence-corrected chi connectivity index (χ4v) is 4.31. The van der Waals surface area contributed by atoms with E-state index >= 15 is 0 Å². The number of nitrogens with two attached hydrogens (primary N) is 1. The second-order valence-corrected chi connectivity index (χ2v) is 8.15. The van der Waals surface area contributed by atoms with Gasteiger partial charge in [-0.05, 0) is 60.3 Å². The number of ether oxygens (including phenoxy) is 1. The summed E-state index contributed by atoms with van der Waals surface area (Å²) in [6, 6.07) is 11.4. The number of anilines is 1. The Hall–Kier alpha value is -2.34. The van der Waals surface area contributed by atoms with Gasteiger partial charge in [0.05, 0.1) is 11.6 Å². The third-order valence-electron chi connectivity index (χ3n) is 5.42. The third-order valence-corrected chi connectivity index (χ3v) is 6.18. The van der Waals surface area contributed by atoms with Crippen molar-refractivity contribution in [1.82, 2.24) is 10.3 Å². The summed E-state index contributed by atoms with van der Waals surface area (Å²) in [5.41, 5.74) is 11.2. The lowest BCUT2D eigenvalue weighted by molar-refractivity contribution is 0.322. The highest BCUT2D eigenvalue weighted by Gasteiger charge is 2.17. The minimum absolute atomic E-state index is 0.0173. The number of pyridine rings is 1. The molecule has 0 unspecified atom stereocenters. The van der Waals surface area contributed by atoms with Gasteiger partial charge < -0.3 is 15.8 Å². The van der Waals surface area contributed by atoms with Crippen molar-refractivity contribution in [2.45, 2.75) is 25.8 Å². The molecule has 1 aliphatic rings. The van der Waals surface area contributed by atoms with Crippen LogP contribution in [0.3, 0.4) is 0 Å². The number of hydrogen-bond donors (Lipinski definition) is 2. The van der Waals surface area contributed by atoms with Crippen molar-refractivity contribution in [3.63, 3.8) is 0 Å². The Morgan fingerprint density at radius 3 is 2.87 bits per heavy atom. The molecule has 0 aliphatic carbocycles. The van der Waals surface area contributed by atoms with Gasteiger partial charge in [-0.1, -0.05) is 41.4 Å². The molecule has 7 heteroatoms. The molecule has 0 amide bonds. The molecule has 30 heavy (non-hydrogen) atoms. The van der Waals surface area contributed by atoms with Crippen LogP contribution < -0.4 is 15.8 Å². The quantitative estimate of drug-likeness (QED) is 0.501. The Labute approximate surface area is 185 Å². The van der Waals surface area contributed by atoms with E-state index in [1.54, 1.807) is 6.20 Å². The maximum Gasteiger partial charge on any atom is 0.166 e. The van der Waals surface area contributed by atoms with Crippen LogP contribution in [0, 0.1) is 5.82 Å². The Bertz CT molecular complexity index is 1090. The third kappa shape index (κ3) is 4.24. The molecular formula is C23H22Cl2FN3O. The van der Waals surface area contributed by atoms with E-state index in [1.807, 2.05) is 6.07 Å². The molecule has 0 fully saturated rings. The van der Waals surface area contributed by atoms with E-state index in [-0.39, 0.29) is 11.6 Å². The van der Waals surface area contributed by atoms with Gasteiger partial charge >= 0.3 is 0 Å². The van der Waals surface area contributed by atoms with Crippen molar-refractivity contribution >= 4 is 29.0 Å². The molecule has 4 rings (SSSR count). The van der Waals surface area contributed by atoms with Crippen molar-refractivity contribution < 1.29 is 9.13 Å². The van der Waals surface area contributed by atoms with Gasteiger partial charge in [-0.3, -0.25) is 0 Å². The Morgan fingerprint density at radius 1 is 1.20 bits per heavy atom. The maximum absolute atomic E-state index is 13.7. The van der Waals surface area contributed by atoms with Crippen LogP contribution in [0.4, 0.5) is 10.2 Å². The minimum atomic E-state index is -0.504. The first-order chi connectivity index (χ1) is 14.4. The molecule has 1 aromatic heterocycles. The summed E-state index contributed by atoms with van der Waals surface area (Å²) in [5, 5.41) is 3.89. The van der Waals surface area contributed by atoms with E-state index in [2.05, 4.69) is 35.4 Å². The second-order valence-electron chi connectivity index (χ2n) is 7.37. The van der Waals surface area contributed by atoms with Crippen molar-refractivity contribution in [3.8, 4) is 16.9 Å². The number of rotatable bonds is 5. The molecule has 3 aromatic rings. The summed E-state index contributed by atoms with van der Waals surface area (Å²) < 4.78 is 19.5. The first-order valence-corrected chi connectivity index (χ1v) is 10.6. The van der Waals surface area contributed by atoms with Crippen LogP contribution in [0.2, 0.25) is 10.0 Å². The normalized spacial score (nSPS) is 15.7. The van der Waals surface area contributed by atoms with Crippen molar-refractivity contribution in [2.24, 2.45) is 0 Å². The van der Waals surface area contributed by atoms with Gasteiger partial charge in [0.1, 0.15) is 5.82 Å². The number of nitrogen functional groups attached to an aromatic ring is 1. The number of halogens is 3. The van der Waals surface area contributed by atoms with Crippen LogP contribution in [0.15, 0.2) is 42.6 Å². The number of nitrogens with zero attached hydrogens (tertiary/aromatic N) is 1. The number of aromatic nitrogens is 1. The van der Waals surface area contributed by atoms with E-state index in [1.165, 1.54) is 23.3 Å². The minimum Gasteiger partial charge on any atom is -0.489 e. The Balaban J connectivity index is 1.52. The number of hydrogen-bond acceptors (Lipinski definition) is 4. The Kier molecular flexibility index (Phi) is 6.14. The molecule has 0 saturated carbocycles. The van der Waals surface area contributed by atoms with Gasteiger partial charge in [0, 0.05) is 29.2 Å². The second kappa shape index (κ2) is 8.80. The van der Waals surface area contributed by atoms with Gasteiger partial charge in [0.25, 0.3) is 0 Å². The van der Waals surface area contributed by atoms with E-state index in [9.17, 15) is 4.39 Å². The summed E-state index contributed by atoms with van der Waals surface area (Å²) >= 11 is 12.2. The fraction of sp³-hybridized carbons (Fsp3) is 0.261. The monoisotopic (exact) mass is 445 g/mol. The number of benzene rings is 2. The van der Waals surface area contributed by atoms with Crippen LogP contribution >= 0.6 is 23.2 Å². The molecule has 0 spiro atoms. The largest absolute Gasteiger partial charge is 0.489 e. The van der Waals surface area contributed by atoms with Crippen LogP contribution in [0.5, 0.6) is 5.75 Å². The predicted molar refractivity (Wildman–Crippen MR) is 120 cm³/mol. The highest BCUT2D eigenvalue weighted by molar-refractivity contribution is 6.36.